The van der Waals surface area contributed by atoms with Crippen LogP contribution in [0.3, 0.4) is 0 Å². The van der Waals surface area contributed by atoms with E-state index < -0.39 is 0 Å². The number of likely N-dealkylation sites (N-methyl/N-ethyl adjacent to an activating group) is 1. The summed E-state index contributed by atoms with van der Waals surface area (Å²) in [5, 5.41) is 3.75. The highest BCUT2D eigenvalue weighted by molar-refractivity contribution is 7.99. The van der Waals surface area contributed by atoms with Crippen molar-refractivity contribution in [3.63, 3.8) is 0 Å². The van der Waals surface area contributed by atoms with Gasteiger partial charge in [-0.25, -0.2) is 4.57 Å². The molecule has 0 fully saturated rings. The normalized spacial score (nSPS) is 11.4. The van der Waals surface area contributed by atoms with Crippen molar-refractivity contribution in [2.45, 2.75) is 46.3 Å². The number of hydrogen-bond acceptors (Lipinski definition) is 7. The molecule has 2 heterocycles. The number of amides is 1. The van der Waals surface area contributed by atoms with E-state index in [9.17, 15) is 4.79 Å². The highest BCUT2D eigenvalue weighted by Crippen LogP contribution is 2.21. The number of aryl methyl sites for hydroxylation is 1. The lowest BCUT2D eigenvalue weighted by atomic mass is 10.4. The highest BCUT2D eigenvalue weighted by Gasteiger charge is 2.25. The number of carbonyl (C=O) groups excluding carboxylic acids is 1. The largest absolute Gasteiger partial charge is 0.354 e. The van der Waals surface area contributed by atoms with Gasteiger partial charge in [-0.1, -0.05) is 18.8 Å². The maximum Gasteiger partial charge on any atom is 0.308 e. The van der Waals surface area contributed by atoms with E-state index in [2.05, 4.69) is 52.4 Å². The van der Waals surface area contributed by atoms with Gasteiger partial charge in [0.15, 0.2) is 5.52 Å². The Morgan fingerprint density at radius 1 is 1.17 bits per heavy atom. The Morgan fingerprint density at radius 2 is 1.87 bits per heavy atom. The number of nitrogens with one attached hydrogen (secondary N) is 2. The van der Waals surface area contributed by atoms with E-state index in [1.54, 1.807) is 0 Å². The number of rotatable bonds is 13. The first kappa shape index (κ1) is 24.4. The Kier molecular flexibility index (Phi) is 9.80. The Balaban J connectivity index is 2.40. The average Bonchev–Trinajstić information content (AvgIpc) is 3.10. The summed E-state index contributed by atoms with van der Waals surface area (Å²) >= 11 is 1.49. The quantitative estimate of drug-likeness (QED) is 0.316. The van der Waals surface area contributed by atoms with Crippen LogP contribution in [0.2, 0.25) is 0 Å². The number of aromatic nitrogens is 4. The lowest BCUT2D eigenvalue weighted by Gasteiger charge is -2.17. The van der Waals surface area contributed by atoms with Crippen molar-refractivity contribution < 1.29 is 9.36 Å². The predicted octanol–water partition coefficient (Wildman–Crippen LogP) is 0.909. The Bertz CT molecular complexity index is 817. The van der Waals surface area contributed by atoms with Crippen LogP contribution in [0.1, 0.15) is 33.4 Å². The molecule has 10 heteroatoms. The number of carbonyl (C=O) groups is 1. The van der Waals surface area contributed by atoms with Crippen molar-refractivity contribution in [1.29, 1.82) is 0 Å². The van der Waals surface area contributed by atoms with Crippen LogP contribution in [0.5, 0.6) is 0 Å². The Labute approximate surface area is 183 Å². The minimum absolute atomic E-state index is 0.0222. The molecule has 30 heavy (non-hydrogen) atoms. The fourth-order valence-corrected chi connectivity index (χ4v) is 4.18. The maximum atomic E-state index is 12.1. The SMILES string of the molecule is CCN(CC)CC[n+]1c(SCC(=O)NCCN)[nH]c2c(C)nc(N(CC)CC)nc21. The molecular formula is C20H37N8OS+. The van der Waals surface area contributed by atoms with E-state index >= 15 is 0 Å². The summed E-state index contributed by atoms with van der Waals surface area (Å²) in [6, 6.07) is 0. The summed E-state index contributed by atoms with van der Waals surface area (Å²) < 4.78 is 2.19. The Morgan fingerprint density at radius 3 is 2.47 bits per heavy atom. The molecule has 2 aromatic heterocycles. The van der Waals surface area contributed by atoms with Gasteiger partial charge in [0.05, 0.1) is 18.0 Å². The number of nitrogens with zero attached hydrogens (tertiary/aromatic N) is 5. The molecule has 0 aromatic carbocycles. The van der Waals surface area contributed by atoms with Gasteiger partial charge in [0.1, 0.15) is 0 Å². The van der Waals surface area contributed by atoms with E-state index in [4.69, 9.17) is 15.7 Å². The van der Waals surface area contributed by atoms with E-state index in [0.717, 1.165) is 67.2 Å². The van der Waals surface area contributed by atoms with Crippen LogP contribution >= 0.6 is 11.8 Å². The Hall–Kier alpha value is -1.91. The third-order valence-corrected chi connectivity index (χ3v) is 6.18. The van der Waals surface area contributed by atoms with Crippen molar-refractivity contribution >= 4 is 34.8 Å². The molecule has 0 atom stereocenters. The van der Waals surface area contributed by atoms with E-state index in [0.29, 0.717) is 18.8 Å². The lowest BCUT2D eigenvalue weighted by molar-refractivity contribution is -0.709. The van der Waals surface area contributed by atoms with Gasteiger partial charge in [0, 0.05) is 32.7 Å². The van der Waals surface area contributed by atoms with Gasteiger partial charge < -0.3 is 20.9 Å². The second kappa shape index (κ2) is 12.1. The van der Waals surface area contributed by atoms with Crippen molar-refractivity contribution in [1.82, 2.24) is 25.2 Å². The monoisotopic (exact) mass is 437 g/mol. The number of aromatic amines is 1. The van der Waals surface area contributed by atoms with Crippen LogP contribution in [0.25, 0.3) is 11.2 Å². The lowest BCUT2D eigenvalue weighted by Crippen LogP contribution is -2.42. The van der Waals surface area contributed by atoms with Gasteiger partial charge in [0.25, 0.3) is 5.16 Å². The van der Waals surface area contributed by atoms with E-state index in [1.807, 2.05) is 6.92 Å². The van der Waals surface area contributed by atoms with Crippen LogP contribution in [-0.2, 0) is 11.3 Å². The standard InChI is InChI=1S/C20H36N8OS/c1-6-26(7-2)12-13-28-18-17(15(5)23-19(25-18)27(8-3)9-4)24-20(28)30-14-16(29)22-11-10-21/h6-14,21H2,1-5H3,(H,22,29)/p+1. The zero-order chi connectivity index (χ0) is 22.1. The first-order valence-corrected chi connectivity index (χ1v) is 11.8. The smallest absolute Gasteiger partial charge is 0.308 e. The zero-order valence-corrected chi connectivity index (χ0v) is 19.8. The number of thioether (sulfide) groups is 1. The molecule has 0 unspecified atom stereocenters. The van der Waals surface area contributed by atoms with Gasteiger partial charge in [-0.15, -0.1) is 0 Å². The molecule has 0 saturated carbocycles. The minimum atomic E-state index is -0.0222. The van der Waals surface area contributed by atoms with E-state index in [1.165, 1.54) is 11.8 Å². The number of anilines is 1. The molecule has 2 aromatic rings. The molecule has 0 radical (unpaired) electrons. The van der Waals surface area contributed by atoms with Crippen molar-refractivity contribution in [2.75, 3.05) is 56.5 Å². The molecule has 2 rings (SSSR count). The molecule has 0 spiro atoms. The van der Waals surface area contributed by atoms with Crippen LogP contribution < -0.4 is 20.5 Å². The third-order valence-electron chi connectivity index (χ3n) is 5.18. The summed E-state index contributed by atoms with van der Waals surface area (Å²) in [5.41, 5.74) is 8.21. The molecule has 0 aliphatic carbocycles. The molecule has 4 N–H and O–H groups in total. The molecule has 168 valence electrons. The van der Waals surface area contributed by atoms with Crippen LogP contribution in [-0.4, -0.2) is 77.3 Å². The van der Waals surface area contributed by atoms with Crippen LogP contribution in [0.15, 0.2) is 5.16 Å². The molecule has 0 bridgehead atoms. The minimum Gasteiger partial charge on any atom is -0.354 e. The van der Waals surface area contributed by atoms with Crippen molar-refractivity contribution in [3.8, 4) is 0 Å². The number of H-pyrrole nitrogens is 1. The molecule has 0 saturated heterocycles. The van der Waals surface area contributed by atoms with Crippen LogP contribution in [0.4, 0.5) is 5.95 Å². The summed E-state index contributed by atoms with van der Waals surface area (Å²) in [5.74, 6) is 1.05. The van der Waals surface area contributed by atoms with Crippen molar-refractivity contribution in [3.05, 3.63) is 5.69 Å². The third kappa shape index (κ3) is 6.05. The van der Waals surface area contributed by atoms with Gasteiger partial charge in [0.2, 0.25) is 5.91 Å². The predicted molar refractivity (Wildman–Crippen MR) is 123 cm³/mol. The second-order valence-corrected chi connectivity index (χ2v) is 7.98. The fourth-order valence-electron chi connectivity index (χ4n) is 3.30. The molecule has 9 nitrogen and oxygen atoms in total. The van der Waals surface area contributed by atoms with Gasteiger partial charge >= 0.3 is 11.6 Å². The molecule has 0 aliphatic heterocycles. The number of fused-ring (bicyclic) bond motifs is 1. The summed E-state index contributed by atoms with van der Waals surface area (Å²) in [6.45, 7) is 16.9. The maximum absolute atomic E-state index is 12.1. The first-order valence-electron chi connectivity index (χ1n) is 10.9. The first-order chi connectivity index (χ1) is 14.5. The number of hydrogen-bond donors (Lipinski definition) is 3. The molecular weight excluding hydrogens is 400 g/mol. The van der Waals surface area contributed by atoms with Crippen LogP contribution in [0, 0.1) is 6.92 Å². The number of imidazole rings is 1. The summed E-state index contributed by atoms with van der Waals surface area (Å²) in [4.78, 5) is 29.7. The summed E-state index contributed by atoms with van der Waals surface area (Å²) in [6.07, 6.45) is 0. The average molecular weight is 438 g/mol. The highest BCUT2D eigenvalue weighted by atomic mass is 32.2. The van der Waals surface area contributed by atoms with E-state index in [-0.39, 0.29) is 5.91 Å². The molecule has 1 amide bonds. The topological polar surface area (TPSA) is 107 Å². The van der Waals surface area contributed by atoms with Gasteiger partial charge in [-0.05, 0) is 45.6 Å². The van der Waals surface area contributed by atoms with Gasteiger partial charge in [-0.2, -0.15) is 4.98 Å². The van der Waals surface area contributed by atoms with Crippen molar-refractivity contribution in [2.24, 2.45) is 5.73 Å². The second-order valence-electron chi connectivity index (χ2n) is 7.02. The molecule has 0 aliphatic rings. The zero-order valence-electron chi connectivity index (χ0n) is 19.0. The summed E-state index contributed by atoms with van der Waals surface area (Å²) in [7, 11) is 0. The van der Waals surface area contributed by atoms with Gasteiger partial charge in [-0.3, -0.25) is 9.78 Å². The fraction of sp³-hybridized carbons (Fsp3) is 0.700. The number of nitrogens with two attached hydrogens (primary N) is 1.